The van der Waals surface area contributed by atoms with Gasteiger partial charge in [0.2, 0.25) is 5.91 Å². The molecule has 1 unspecified atom stereocenters. The minimum atomic E-state index is -1.07. The highest BCUT2D eigenvalue weighted by atomic mass is 28.3. The molecule has 1 atom stereocenters. The van der Waals surface area contributed by atoms with Crippen molar-refractivity contribution in [2.24, 2.45) is 5.92 Å². The van der Waals surface area contributed by atoms with Crippen LogP contribution in [0.5, 0.6) is 0 Å². The van der Waals surface area contributed by atoms with Gasteiger partial charge >= 0.3 is 0 Å². The first-order valence-corrected chi connectivity index (χ1v) is 11.1. The molecule has 3 nitrogen and oxygen atoms in total. The quantitative estimate of drug-likeness (QED) is 0.613. The summed E-state index contributed by atoms with van der Waals surface area (Å²) in [5, 5.41) is 0. The molecule has 1 amide bonds. The van der Waals surface area contributed by atoms with Crippen LogP contribution < -0.4 is 4.90 Å². The molecule has 1 aliphatic rings. The Kier molecular flexibility index (Phi) is 4.65. The summed E-state index contributed by atoms with van der Waals surface area (Å²) in [6.45, 7) is 10.1. The minimum Gasteiger partial charge on any atom is -0.361 e. The van der Waals surface area contributed by atoms with E-state index in [-0.39, 0.29) is 11.8 Å². The number of fused-ring (bicyclic) bond motifs is 1. The summed E-state index contributed by atoms with van der Waals surface area (Å²) in [6, 6.07) is 9.27. The average Bonchev–Trinajstić information content (AvgIpc) is 2.37. The normalized spacial score (nSPS) is 19.1. The van der Waals surface area contributed by atoms with E-state index in [0.717, 1.165) is 24.8 Å². The van der Waals surface area contributed by atoms with Crippen LogP contribution in [0.15, 0.2) is 24.3 Å². The van der Waals surface area contributed by atoms with Crippen molar-refractivity contribution in [3.05, 3.63) is 29.8 Å². The van der Waals surface area contributed by atoms with Crippen LogP contribution in [-0.2, 0) is 16.0 Å². The summed E-state index contributed by atoms with van der Waals surface area (Å²) in [5.74, 6) is 0.224. The Balaban J connectivity index is 2.01. The van der Waals surface area contributed by atoms with Gasteiger partial charge in [0, 0.05) is 26.3 Å². The Bertz CT molecular complexity index is 482. The van der Waals surface area contributed by atoms with Crippen LogP contribution in [0.25, 0.3) is 0 Å². The van der Waals surface area contributed by atoms with E-state index in [1.165, 1.54) is 5.56 Å². The number of ether oxygens (including phenoxy) is 1. The summed E-state index contributed by atoms with van der Waals surface area (Å²) in [7, 11) is -1.07. The number of nitrogens with zero attached hydrogens (tertiary/aromatic N) is 1. The van der Waals surface area contributed by atoms with Crippen LogP contribution >= 0.6 is 0 Å². The van der Waals surface area contributed by atoms with E-state index in [1.807, 2.05) is 25.1 Å². The van der Waals surface area contributed by atoms with E-state index in [0.29, 0.717) is 6.73 Å². The molecular formula is C16H25NO2Si. The summed E-state index contributed by atoms with van der Waals surface area (Å²) in [5.41, 5.74) is 2.26. The zero-order valence-corrected chi connectivity index (χ0v) is 14.0. The average molecular weight is 291 g/mol. The van der Waals surface area contributed by atoms with Gasteiger partial charge in [-0.25, -0.2) is 0 Å². The zero-order valence-electron chi connectivity index (χ0n) is 13.0. The molecule has 1 aromatic rings. The molecular weight excluding hydrogens is 266 g/mol. The second-order valence-electron chi connectivity index (χ2n) is 6.85. The van der Waals surface area contributed by atoms with E-state index in [1.54, 1.807) is 4.90 Å². The standard InChI is InChI=1S/C16H25NO2Si/c1-13-11-14-7-5-6-8-15(14)17(16(13)18)12-19-9-10-20(2,3)4/h5-8,13H,9-12H2,1-4H3. The number of hydrogen-bond donors (Lipinski definition) is 0. The number of carbonyl (C=O) groups is 1. The third-order valence-electron chi connectivity index (χ3n) is 3.71. The van der Waals surface area contributed by atoms with Gasteiger partial charge < -0.3 is 4.74 Å². The number of carbonyl (C=O) groups excluding carboxylic acids is 1. The predicted molar refractivity (Wildman–Crippen MR) is 85.8 cm³/mol. The largest absolute Gasteiger partial charge is 0.361 e. The first-order valence-electron chi connectivity index (χ1n) is 7.35. The first kappa shape index (κ1) is 15.3. The third kappa shape index (κ3) is 3.70. The first-order chi connectivity index (χ1) is 9.38. The summed E-state index contributed by atoms with van der Waals surface area (Å²) < 4.78 is 5.76. The van der Waals surface area contributed by atoms with Gasteiger partial charge in [-0.3, -0.25) is 9.69 Å². The Morgan fingerprint density at radius 1 is 1.30 bits per heavy atom. The summed E-state index contributed by atoms with van der Waals surface area (Å²) >= 11 is 0. The van der Waals surface area contributed by atoms with Crippen LogP contribution in [0.1, 0.15) is 12.5 Å². The van der Waals surface area contributed by atoms with Gasteiger partial charge in [-0.15, -0.1) is 0 Å². The number of amides is 1. The predicted octanol–water partition coefficient (Wildman–Crippen LogP) is 3.52. The highest BCUT2D eigenvalue weighted by Gasteiger charge is 2.29. The van der Waals surface area contributed by atoms with Gasteiger partial charge in [-0.05, 0) is 24.1 Å². The van der Waals surface area contributed by atoms with Crippen LogP contribution in [0.2, 0.25) is 25.7 Å². The molecule has 2 rings (SSSR count). The molecule has 20 heavy (non-hydrogen) atoms. The van der Waals surface area contributed by atoms with Crippen molar-refractivity contribution in [2.75, 3.05) is 18.2 Å². The lowest BCUT2D eigenvalue weighted by atomic mass is 9.93. The number of hydrogen-bond acceptors (Lipinski definition) is 2. The lowest BCUT2D eigenvalue weighted by Gasteiger charge is -2.32. The Morgan fingerprint density at radius 2 is 2.00 bits per heavy atom. The molecule has 0 aromatic heterocycles. The molecule has 0 saturated heterocycles. The van der Waals surface area contributed by atoms with Crippen molar-refractivity contribution in [1.82, 2.24) is 0 Å². The zero-order chi connectivity index (χ0) is 14.8. The van der Waals surface area contributed by atoms with Crippen molar-refractivity contribution >= 4 is 19.7 Å². The van der Waals surface area contributed by atoms with E-state index >= 15 is 0 Å². The molecule has 0 spiro atoms. The SMILES string of the molecule is CC1Cc2ccccc2N(COCC[Si](C)(C)C)C1=O. The Labute approximate surface area is 122 Å². The lowest BCUT2D eigenvalue weighted by Crippen LogP contribution is -2.41. The summed E-state index contributed by atoms with van der Waals surface area (Å²) in [6.07, 6.45) is 0.834. The number of para-hydroxylation sites is 1. The number of benzene rings is 1. The van der Waals surface area contributed by atoms with Crippen molar-refractivity contribution in [3.63, 3.8) is 0 Å². The molecule has 1 aromatic carbocycles. The van der Waals surface area contributed by atoms with Crippen molar-refractivity contribution < 1.29 is 9.53 Å². The fourth-order valence-electron chi connectivity index (χ4n) is 2.42. The maximum Gasteiger partial charge on any atom is 0.232 e. The lowest BCUT2D eigenvalue weighted by molar-refractivity contribution is -0.123. The van der Waals surface area contributed by atoms with E-state index in [4.69, 9.17) is 4.74 Å². The van der Waals surface area contributed by atoms with E-state index < -0.39 is 8.07 Å². The van der Waals surface area contributed by atoms with Gasteiger partial charge in [0.05, 0.1) is 0 Å². The molecule has 4 heteroatoms. The van der Waals surface area contributed by atoms with E-state index in [9.17, 15) is 4.79 Å². The van der Waals surface area contributed by atoms with Crippen molar-refractivity contribution in [1.29, 1.82) is 0 Å². The fourth-order valence-corrected chi connectivity index (χ4v) is 3.17. The maximum absolute atomic E-state index is 12.3. The topological polar surface area (TPSA) is 29.5 Å². The molecule has 0 N–H and O–H groups in total. The summed E-state index contributed by atoms with van der Waals surface area (Å²) in [4.78, 5) is 14.1. The van der Waals surface area contributed by atoms with Crippen LogP contribution in [-0.4, -0.2) is 27.3 Å². The fraction of sp³-hybridized carbons (Fsp3) is 0.562. The third-order valence-corrected chi connectivity index (χ3v) is 5.42. The highest BCUT2D eigenvalue weighted by molar-refractivity contribution is 6.76. The second-order valence-corrected chi connectivity index (χ2v) is 12.5. The molecule has 0 fully saturated rings. The molecule has 0 radical (unpaired) electrons. The number of rotatable bonds is 5. The van der Waals surface area contributed by atoms with Gasteiger partial charge in [-0.2, -0.15) is 0 Å². The van der Waals surface area contributed by atoms with Crippen LogP contribution in [0, 0.1) is 5.92 Å². The Morgan fingerprint density at radius 3 is 2.70 bits per heavy atom. The molecule has 0 bridgehead atoms. The number of anilines is 1. The van der Waals surface area contributed by atoms with E-state index in [2.05, 4.69) is 25.7 Å². The maximum atomic E-state index is 12.3. The Hall–Kier alpha value is -1.13. The van der Waals surface area contributed by atoms with Gasteiger partial charge in [0.25, 0.3) is 0 Å². The highest BCUT2D eigenvalue weighted by Crippen LogP contribution is 2.30. The molecule has 110 valence electrons. The van der Waals surface area contributed by atoms with Crippen LogP contribution in [0.4, 0.5) is 5.69 Å². The van der Waals surface area contributed by atoms with Gasteiger partial charge in [0.1, 0.15) is 6.73 Å². The second kappa shape index (κ2) is 6.10. The smallest absolute Gasteiger partial charge is 0.232 e. The minimum absolute atomic E-state index is 0.0468. The molecule has 1 aliphatic heterocycles. The molecule has 0 aliphatic carbocycles. The molecule has 1 heterocycles. The van der Waals surface area contributed by atoms with Crippen LogP contribution in [0.3, 0.4) is 0 Å². The van der Waals surface area contributed by atoms with Crippen molar-refractivity contribution in [3.8, 4) is 0 Å². The van der Waals surface area contributed by atoms with Gasteiger partial charge in [0.15, 0.2) is 0 Å². The van der Waals surface area contributed by atoms with Gasteiger partial charge in [-0.1, -0.05) is 44.8 Å². The van der Waals surface area contributed by atoms with Crippen molar-refractivity contribution in [2.45, 2.75) is 39.0 Å². The molecule has 0 saturated carbocycles. The monoisotopic (exact) mass is 291 g/mol.